The van der Waals surface area contributed by atoms with Gasteiger partial charge in [0.05, 0.1) is 12.8 Å². The Kier molecular flexibility index (Phi) is 3.99. The molecule has 0 aliphatic heterocycles. The van der Waals surface area contributed by atoms with Crippen LogP contribution in [0.3, 0.4) is 0 Å². The van der Waals surface area contributed by atoms with Crippen molar-refractivity contribution in [3.05, 3.63) is 24.4 Å². The van der Waals surface area contributed by atoms with E-state index in [1.54, 1.807) is 38.2 Å². The molecule has 86 valence electrons. The summed E-state index contributed by atoms with van der Waals surface area (Å²) in [6, 6.07) is 4.51. The van der Waals surface area contributed by atoms with Crippen molar-refractivity contribution < 1.29 is 18.9 Å². The van der Waals surface area contributed by atoms with E-state index in [9.17, 15) is 9.59 Å². The molecule has 2 N–H and O–H groups in total. The number of carbonyl (C=O) groups is 2. The van der Waals surface area contributed by atoms with E-state index in [1.165, 1.54) is 4.57 Å². The van der Waals surface area contributed by atoms with Crippen molar-refractivity contribution >= 4 is 17.6 Å². The van der Waals surface area contributed by atoms with Gasteiger partial charge in [0.15, 0.2) is 6.04 Å². The zero-order valence-corrected chi connectivity index (χ0v) is 9.34. The molecular formula is C11H15N2O3+. The van der Waals surface area contributed by atoms with E-state index in [2.05, 4.69) is 4.74 Å². The lowest BCUT2D eigenvalue weighted by molar-refractivity contribution is -0.691. The lowest BCUT2D eigenvalue weighted by Gasteiger charge is -2.09. The Morgan fingerprint density at radius 3 is 2.75 bits per heavy atom. The molecule has 5 nitrogen and oxygen atoms in total. The third-order valence-electron chi connectivity index (χ3n) is 2.20. The molecule has 0 saturated carbocycles. The SMILES string of the molecule is CCOC(=O)C(=O)C(C)[n+]1ccccc1N. The second-order valence-corrected chi connectivity index (χ2v) is 3.29. The number of rotatable bonds is 4. The number of pyridine rings is 1. The van der Waals surface area contributed by atoms with Crippen molar-refractivity contribution in [2.24, 2.45) is 0 Å². The fourth-order valence-electron chi connectivity index (χ4n) is 1.32. The fourth-order valence-corrected chi connectivity index (χ4v) is 1.32. The Hall–Kier alpha value is -1.91. The van der Waals surface area contributed by atoms with Crippen LogP contribution < -0.4 is 10.3 Å². The summed E-state index contributed by atoms with van der Waals surface area (Å²) in [6.07, 6.45) is 1.65. The maximum absolute atomic E-state index is 11.6. The van der Waals surface area contributed by atoms with E-state index in [1.807, 2.05) is 0 Å². The highest BCUT2D eigenvalue weighted by Crippen LogP contribution is 2.03. The zero-order chi connectivity index (χ0) is 12.1. The third-order valence-corrected chi connectivity index (χ3v) is 2.20. The van der Waals surface area contributed by atoms with Gasteiger partial charge in [-0.3, -0.25) is 10.5 Å². The first kappa shape index (κ1) is 12.2. The second kappa shape index (κ2) is 5.25. The number of aromatic nitrogens is 1. The first-order valence-corrected chi connectivity index (χ1v) is 5.04. The summed E-state index contributed by atoms with van der Waals surface area (Å²) in [5, 5.41) is 0. The molecule has 0 aliphatic rings. The molecule has 1 atom stereocenters. The molecule has 0 spiro atoms. The lowest BCUT2D eigenvalue weighted by atomic mass is 10.2. The number of esters is 1. The minimum absolute atomic E-state index is 0.187. The molecule has 16 heavy (non-hydrogen) atoms. The summed E-state index contributed by atoms with van der Waals surface area (Å²) in [6.45, 7) is 3.45. The van der Waals surface area contributed by atoms with Crippen molar-refractivity contribution in [2.75, 3.05) is 12.3 Å². The summed E-state index contributed by atoms with van der Waals surface area (Å²) in [5.41, 5.74) is 5.69. The van der Waals surface area contributed by atoms with Gasteiger partial charge in [-0.05, 0) is 19.9 Å². The summed E-state index contributed by atoms with van der Waals surface area (Å²) in [5.74, 6) is -1.01. The number of Topliss-reactive ketones (excluding diaryl/α,β-unsaturated/α-hetero) is 1. The van der Waals surface area contributed by atoms with Crippen molar-refractivity contribution in [1.82, 2.24) is 0 Å². The van der Waals surface area contributed by atoms with Crippen LogP contribution in [0, 0.1) is 0 Å². The van der Waals surface area contributed by atoms with Gasteiger partial charge in [-0.2, -0.15) is 0 Å². The van der Waals surface area contributed by atoms with Crippen molar-refractivity contribution in [3.63, 3.8) is 0 Å². The maximum Gasteiger partial charge on any atom is 0.379 e. The number of nitrogens with two attached hydrogens (primary N) is 1. The van der Waals surface area contributed by atoms with Crippen LogP contribution in [-0.4, -0.2) is 18.4 Å². The second-order valence-electron chi connectivity index (χ2n) is 3.29. The molecule has 0 radical (unpaired) electrons. The Balaban J connectivity index is 2.86. The normalized spacial score (nSPS) is 11.9. The van der Waals surface area contributed by atoms with Gasteiger partial charge in [-0.15, -0.1) is 0 Å². The zero-order valence-electron chi connectivity index (χ0n) is 9.34. The smallest absolute Gasteiger partial charge is 0.379 e. The molecule has 1 aromatic rings. The molecule has 0 aliphatic carbocycles. The van der Waals surface area contributed by atoms with Gasteiger partial charge >= 0.3 is 5.97 Å². The molecule has 1 rings (SSSR count). The van der Waals surface area contributed by atoms with Crippen molar-refractivity contribution in [2.45, 2.75) is 19.9 Å². The van der Waals surface area contributed by atoms with Crippen LogP contribution in [-0.2, 0) is 14.3 Å². The Bertz CT molecular complexity index is 404. The van der Waals surface area contributed by atoms with Crippen LogP contribution >= 0.6 is 0 Å². The average Bonchev–Trinajstić information content (AvgIpc) is 2.28. The van der Waals surface area contributed by atoms with Gasteiger partial charge in [0.25, 0.3) is 11.6 Å². The van der Waals surface area contributed by atoms with E-state index >= 15 is 0 Å². The van der Waals surface area contributed by atoms with Crippen LogP contribution in [0.5, 0.6) is 0 Å². The lowest BCUT2D eigenvalue weighted by Crippen LogP contribution is -2.46. The minimum atomic E-state index is -0.828. The van der Waals surface area contributed by atoms with E-state index in [-0.39, 0.29) is 6.61 Å². The Morgan fingerprint density at radius 2 is 2.19 bits per heavy atom. The highest BCUT2D eigenvalue weighted by atomic mass is 16.5. The minimum Gasteiger partial charge on any atom is -0.460 e. The van der Waals surface area contributed by atoms with Crippen molar-refractivity contribution in [1.29, 1.82) is 0 Å². The van der Waals surface area contributed by atoms with E-state index in [0.717, 1.165) is 0 Å². The molecule has 0 aromatic carbocycles. The summed E-state index contributed by atoms with van der Waals surface area (Å²) < 4.78 is 6.17. The Morgan fingerprint density at radius 1 is 1.50 bits per heavy atom. The highest BCUT2D eigenvalue weighted by molar-refractivity contribution is 6.34. The molecule has 1 heterocycles. The molecule has 5 heteroatoms. The predicted molar refractivity (Wildman–Crippen MR) is 57.4 cm³/mol. The molecule has 0 bridgehead atoms. The third kappa shape index (κ3) is 2.56. The van der Waals surface area contributed by atoms with Gasteiger partial charge < -0.3 is 4.74 Å². The number of nitrogen functional groups attached to an aromatic ring is 1. The van der Waals surface area contributed by atoms with Gasteiger partial charge in [-0.1, -0.05) is 6.07 Å². The van der Waals surface area contributed by atoms with Gasteiger partial charge in [-0.25, -0.2) is 9.36 Å². The first-order valence-electron chi connectivity index (χ1n) is 5.04. The Labute approximate surface area is 93.8 Å². The number of ketones is 1. The highest BCUT2D eigenvalue weighted by Gasteiger charge is 2.28. The van der Waals surface area contributed by atoms with Crippen LogP contribution in [0.2, 0.25) is 0 Å². The van der Waals surface area contributed by atoms with Crippen molar-refractivity contribution in [3.8, 4) is 0 Å². The first-order chi connectivity index (χ1) is 7.57. The van der Waals surface area contributed by atoms with E-state index < -0.39 is 17.8 Å². The van der Waals surface area contributed by atoms with Crippen LogP contribution in [0.4, 0.5) is 5.82 Å². The van der Waals surface area contributed by atoms with Crippen LogP contribution in [0.15, 0.2) is 24.4 Å². The van der Waals surface area contributed by atoms with Crippen LogP contribution in [0.1, 0.15) is 19.9 Å². The molecule has 0 amide bonds. The average molecular weight is 223 g/mol. The maximum atomic E-state index is 11.6. The summed E-state index contributed by atoms with van der Waals surface area (Å²) >= 11 is 0. The monoisotopic (exact) mass is 223 g/mol. The topological polar surface area (TPSA) is 73.3 Å². The number of ether oxygens (including phenoxy) is 1. The number of hydrogen-bond acceptors (Lipinski definition) is 4. The standard InChI is InChI=1S/C11H14N2O3/c1-3-16-11(15)10(14)8(2)13-7-5-4-6-9(13)12/h4-8,12H,3H2,1-2H3/p+1. The molecule has 1 unspecified atom stereocenters. The fraction of sp³-hybridized carbons (Fsp3) is 0.364. The van der Waals surface area contributed by atoms with Crippen LogP contribution in [0.25, 0.3) is 0 Å². The largest absolute Gasteiger partial charge is 0.460 e. The van der Waals surface area contributed by atoms with E-state index in [0.29, 0.717) is 5.82 Å². The summed E-state index contributed by atoms with van der Waals surface area (Å²) in [7, 11) is 0. The van der Waals surface area contributed by atoms with E-state index in [4.69, 9.17) is 5.73 Å². The quantitative estimate of drug-likeness (QED) is 0.451. The van der Waals surface area contributed by atoms with Gasteiger partial charge in [0.1, 0.15) is 0 Å². The number of anilines is 1. The summed E-state index contributed by atoms with van der Waals surface area (Å²) in [4.78, 5) is 22.9. The predicted octanol–water partition coefficient (Wildman–Crippen LogP) is 0.249. The number of hydrogen-bond donors (Lipinski definition) is 1. The molecular weight excluding hydrogens is 208 g/mol. The number of carbonyl (C=O) groups excluding carboxylic acids is 2. The molecule has 0 fully saturated rings. The van der Waals surface area contributed by atoms with Gasteiger partial charge in [0.2, 0.25) is 0 Å². The molecule has 1 aromatic heterocycles. The number of nitrogens with zero attached hydrogens (tertiary/aromatic N) is 1. The molecule has 0 saturated heterocycles. The van der Waals surface area contributed by atoms with Gasteiger partial charge in [0, 0.05) is 6.07 Å².